The van der Waals surface area contributed by atoms with Gasteiger partial charge in [-0.25, -0.2) is 9.18 Å². The number of benzene rings is 1. The lowest BCUT2D eigenvalue weighted by molar-refractivity contribution is -0.136. The van der Waals surface area contributed by atoms with Crippen LogP contribution in [0.15, 0.2) is 24.3 Å². The van der Waals surface area contributed by atoms with E-state index in [1.807, 2.05) is 0 Å². The van der Waals surface area contributed by atoms with Crippen LogP contribution in [0.5, 0.6) is 0 Å². The largest absolute Gasteiger partial charge is 0.481 e. The smallest absolute Gasteiger partial charge is 0.317 e. The number of nitrogens with zero attached hydrogens (tertiary/aromatic N) is 1. The fourth-order valence-corrected chi connectivity index (χ4v) is 1.57. The van der Waals surface area contributed by atoms with Crippen LogP contribution in [0.3, 0.4) is 0 Å². The number of nitrogens with one attached hydrogen (secondary N) is 1. The number of carbonyl (C=O) groups excluding carboxylic acids is 1. The summed E-state index contributed by atoms with van der Waals surface area (Å²) in [6, 6.07) is 5.20. The normalized spacial score (nSPS) is 10.1. The van der Waals surface area contributed by atoms with E-state index in [9.17, 15) is 14.0 Å². The van der Waals surface area contributed by atoms with Crippen LogP contribution >= 0.6 is 0 Å². The number of carbonyl (C=O) groups is 2. The van der Waals surface area contributed by atoms with E-state index >= 15 is 0 Å². The number of hydrogen-bond donors (Lipinski definition) is 3. The lowest BCUT2D eigenvalue weighted by atomic mass is 10.2. The number of carboxylic acid groups (broad SMARTS) is 1. The highest BCUT2D eigenvalue weighted by Gasteiger charge is 2.13. The Morgan fingerprint density at radius 2 is 1.90 bits per heavy atom. The zero-order valence-electron chi connectivity index (χ0n) is 10.9. The van der Waals surface area contributed by atoms with Crippen LogP contribution in [0.4, 0.5) is 9.18 Å². The molecular weight excluding hydrogens is 267 g/mol. The lowest BCUT2D eigenvalue weighted by Crippen LogP contribution is -2.41. The van der Waals surface area contributed by atoms with Crippen LogP contribution in [-0.2, 0) is 11.3 Å². The maximum absolute atomic E-state index is 12.8. The van der Waals surface area contributed by atoms with Crippen molar-refractivity contribution in [2.24, 2.45) is 0 Å². The van der Waals surface area contributed by atoms with Crippen molar-refractivity contribution < 1.29 is 24.2 Å². The minimum absolute atomic E-state index is 0.0134. The summed E-state index contributed by atoms with van der Waals surface area (Å²) >= 11 is 0. The third kappa shape index (κ3) is 5.66. The molecule has 0 aliphatic heterocycles. The molecule has 3 N–H and O–H groups in total. The molecule has 0 heterocycles. The van der Waals surface area contributed by atoms with Gasteiger partial charge in [-0.3, -0.25) is 4.79 Å². The first-order valence-corrected chi connectivity index (χ1v) is 6.13. The molecule has 0 bridgehead atoms. The monoisotopic (exact) mass is 284 g/mol. The van der Waals surface area contributed by atoms with E-state index in [-0.39, 0.29) is 38.5 Å². The Bertz CT molecular complexity index is 450. The van der Waals surface area contributed by atoms with Crippen molar-refractivity contribution in [3.8, 4) is 0 Å². The molecule has 1 aromatic carbocycles. The number of aliphatic hydroxyl groups excluding tert-OH is 1. The van der Waals surface area contributed by atoms with Crippen molar-refractivity contribution >= 4 is 12.0 Å². The average Bonchev–Trinajstić information content (AvgIpc) is 2.40. The van der Waals surface area contributed by atoms with Gasteiger partial charge < -0.3 is 20.4 Å². The topological polar surface area (TPSA) is 89.9 Å². The van der Waals surface area contributed by atoms with E-state index in [4.69, 9.17) is 10.2 Å². The van der Waals surface area contributed by atoms with Crippen molar-refractivity contribution in [1.82, 2.24) is 10.2 Å². The second kappa shape index (κ2) is 8.11. The Morgan fingerprint density at radius 3 is 2.45 bits per heavy atom. The second-order valence-corrected chi connectivity index (χ2v) is 4.15. The number of aliphatic carboxylic acids is 1. The summed E-state index contributed by atoms with van der Waals surface area (Å²) in [4.78, 5) is 23.5. The van der Waals surface area contributed by atoms with Crippen LogP contribution in [0.1, 0.15) is 12.0 Å². The summed E-state index contributed by atoms with van der Waals surface area (Å²) in [6.45, 7) is 0.114. The third-order valence-electron chi connectivity index (χ3n) is 2.56. The first-order valence-electron chi connectivity index (χ1n) is 6.13. The third-order valence-corrected chi connectivity index (χ3v) is 2.56. The van der Waals surface area contributed by atoms with E-state index in [0.717, 1.165) is 0 Å². The zero-order valence-corrected chi connectivity index (χ0v) is 10.9. The number of amides is 2. The molecule has 7 heteroatoms. The summed E-state index contributed by atoms with van der Waals surface area (Å²) in [5, 5.41) is 19.9. The molecule has 2 amide bonds. The molecule has 0 saturated carbocycles. The fraction of sp³-hybridized carbons (Fsp3) is 0.385. The summed E-state index contributed by atoms with van der Waals surface area (Å²) in [5.74, 6) is -1.37. The molecule has 1 aromatic rings. The van der Waals surface area contributed by atoms with Crippen molar-refractivity contribution in [2.45, 2.75) is 13.0 Å². The van der Waals surface area contributed by atoms with Crippen molar-refractivity contribution in [1.29, 1.82) is 0 Å². The van der Waals surface area contributed by atoms with Gasteiger partial charge in [0, 0.05) is 19.6 Å². The molecule has 0 aromatic heterocycles. The maximum atomic E-state index is 12.8. The van der Waals surface area contributed by atoms with Gasteiger partial charge in [0.1, 0.15) is 5.82 Å². The summed E-state index contributed by atoms with van der Waals surface area (Å²) in [6.07, 6.45) is -0.171. The van der Waals surface area contributed by atoms with E-state index in [1.54, 1.807) is 12.1 Å². The highest BCUT2D eigenvalue weighted by molar-refractivity contribution is 5.75. The quantitative estimate of drug-likeness (QED) is 0.691. The number of rotatable bonds is 7. The van der Waals surface area contributed by atoms with Crippen LogP contribution in [0, 0.1) is 5.82 Å². The van der Waals surface area contributed by atoms with Gasteiger partial charge in [0.2, 0.25) is 0 Å². The number of aliphatic hydroxyl groups is 1. The van der Waals surface area contributed by atoms with E-state index in [2.05, 4.69) is 5.32 Å². The molecule has 0 spiro atoms. The minimum Gasteiger partial charge on any atom is -0.481 e. The Kier molecular flexibility index (Phi) is 6.45. The van der Waals surface area contributed by atoms with E-state index in [0.29, 0.717) is 5.56 Å². The van der Waals surface area contributed by atoms with E-state index < -0.39 is 12.0 Å². The predicted octanol–water partition coefficient (Wildman–Crippen LogP) is 0.804. The first-order chi connectivity index (χ1) is 9.52. The number of urea groups is 1. The van der Waals surface area contributed by atoms with Gasteiger partial charge in [-0.1, -0.05) is 12.1 Å². The van der Waals surface area contributed by atoms with Gasteiger partial charge in [-0.05, 0) is 17.7 Å². The molecule has 1 rings (SSSR count). The van der Waals surface area contributed by atoms with Crippen molar-refractivity contribution in [2.75, 3.05) is 19.7 Å². The number of hydrogen-bond acceptors (Lipinski definition) is 3. The summed E-state index contributed by atoms with van der Waals surface area (Å²) < 4.78 is 12.8. The van der Waals surface area contributed by atoms with Crippen LogP contribution in [0.2, 0.25) is 0 Å². The molecule has 0 saturated heterocycles. The summed E-state index contributed by atoms with van der Waals surface area (Å²) in [7, 11) is 0. The SMILES string of the molecule is O=C(O)CCNC(=O)N(CCO)Cc1ccc(F)cc1. The number of halogens is 1. The molecule has 0 aliphatic carbocycles. The van der Waals surface area contributed by atoms with Gasteiger partial charge in [0.15, 0.2) is 0 Å². The Balaban J connectivity index is 2.56. The molecule has 0 radical (unpaired) electrons. The number of carboxylic acids is 1. The molecule has 0 aliphatic rings. The Morgan fingerprint density at radius 1 is 1.25 bits per heavy atom. The van der Waals surface area contributed by atoms with E-state index in [1.165, 1.54) is 17.0 Å². The van der Waals surface area contributed by atoms with Crippen molar-refractivity contribution in [3.63, 3.8) is 0 Å². The standard InChI is InChI=1S/C13H17FN2O4/c14-11-3-1-10(2-4-11)9-16(7-8-17)13(20)15-6-5-12(18)19/h1-4,17H,5-9H2,(H,15,20)(H,18,19). The zero-order chi connectivity index (χ0) is 15.0. The lowest BCUT2D eigenvalue weighted by Gasteiger charge is -2.22. The van der Waals surface area contributed by atoms with Gasteiger partial charge in [0.25, 0.3) is 0 Å². The van der Waals surface area contributed by atoms with Crippen LogP contribution in [-0.4, -0.2) is 46.8 Å². The molecular formula is C13H17FN2O4. The highest BCUT2D eigenvalue weighted by atomic mass is 19.1. The molecule has 0 fully saturated rings. The molecule has 6 nitrogen and oxygen atoms in total. The van der Waals surface area contributed by atoms with Gasteiger partial charge in [-0.15, -0.1) is 0 Å². The average molecular weight is 284 g/mol. The Hall–Kier alpha value is -2.15. The highest BCUT2D eigenvalue weighted by Crippen LogP contribution is 2.06. The molecule has 20 heavy (non-hydrogen) atoms. The fourth-order valence-electron chi connectivity index (χ4n) is 1.57. The maximum Gasteiger partial charge on any atom is 0.317 e. The first kappa shape index (κ1) is 15.9. The molecule has 0 atom stereocenters. The van der Waals surface area contributed by atoms with Crippen LogP contribution in [0.25, 0.3) is 0 Å². The Labute approximate surface area is 115 Å². The van der Waals surface area contributed by atoms with Gasteiger partial charge in [0.05, 0.1) is 13.0 Å². The predicted molar refractivity (Wildman–Crippen MR) is 69.5 cm³/mol. The van der Waals surface area contributed by atoms with Gasteiger partial charge in [-0.2, -0.15) is 0 Å². The molecule has 110 valence electrons. The van der Waals surface area contributed by atoms with Crippen LogP contribution < -0.4 is 5.32 Å². The summed E-state index contributed by atoms with van der Waals surface area (Å²) in [5.41, 5.74) is 0.716. The minimum atomic E-state index is -1.00. The van der Waals surface area contributed by atoms with Crippen molar-refractivity contribution in [3.05, 3.63) is 35.6 Å². The van der Waals surface area contributed by atoms with Gasteiger partial charge >= 0.3 is 12.0 Å². The second-order valence-electron chi connectivity index (χ2n) is 4.15. The molecule has 0 unspecified atom stereocenters.